The molecule has 0 radical (unpaired) electrons. The molecule has 6 heteroatoms. The van der Waals surface area contributed by atoms with Gasteiger partial charge in [-0.15, -0.1) is 11.3 Å². The zero-order valence-corrected chi connectivity index (χ0v) is 15.0. The monoisotopic (exact) mass is 365 g/mol. The number of ether oxygens (including phenoxy) is 1. The quantitative estimate of drug-likeness (QED) is 0.858. The Balaban J connectivity index is 1.90. The number of likely N-dealkylation sites (tertiary alicyclic amines) is 1. The molecule has 1 N–H and O–H groups in total. The van der Waals surface area contributed by atoms with E-state index in [1.807, 2.05) is 24.3 Å². The van der Waals surface area contributed by atoms with Gasteiger partial charge in [0.1, 0.15) is 5.75 Å². The Hall–Kier alpha value is -1.56. The first-order chi connectivity index (χ1) is 11.6. The van der Waals surface area contributed by atoms with E-state index in [1.54, 1.807) is 18.4 Å². The van der Waals surface area contributed by atoms with Crippen molar-refractivity contribution in [3.63, 3.8) is 0 Å². The van der Waals surface area contributed by atoms with Gasteiger partial charge in [0.05, 0.1) is 23.4 Å². The fourth-order valence-corrected chi connectivity index (χ4v) is 4.47. The fourth-order valence-electron chi connectivity index (χ4n) is 3.25. The van der Waals surface area contributed by atoms with Crippen LogP contribution in [-0.2, 0) is 4.79 Å². The van der Waals surface area contributed by atoms with Gasteiger partial charge in [-0.3, -0.25) is 9.69 Å². The molecule has 0 bridgehead atoms. The molecule has 128 valence electrons. The average molecular weight is 366 g/mol. The molecule has 0 spiro atoms. The van der Waals surface area contributed by atoms with Gasteiger partial charge in [-0.05, 0) is 55.8 Å². The van der Waals surface area contributed by atoms with Crippen molar-refractivity contribution in [3.8, 4) is 5.75 Å². The van der Waals surface area contributed by atoms with Crippen molar-refractivity contribution in [2.24, 2.45) is 5.92 Å². The predicted octanol–water partition coefficient (Wildman–Crippen LogP) is 4.30. The summed E-state index contributed by atoms with van der Waals surface area (Å²) in [5, 5.41) is 9.22. The lowest BCUT2D eigenvalue weighted by molar-refractivity contribution is -0.143. The van der Waals surface area contributed by atoms with Crippen molar-refractivity contribution in [3.05, 3.63) is 51.2 Å². The van der Waals surface area contributed by atoms with Gasteiger partial charge in [0.2, 0.25) is 0 Å². The van der Waals surface area contributed by atoms with Crippen LogP contribution >= 0.6 is 22.9 Å². The van der Waals surface area contributed by atoms with E-state index < -0.39 is 5.97 Å². The molecule has 4 nitrogen and oxygen atoms in total. The van der Waals surface area contributed by atoms with E-state index in [-0.39, 0.29) is 12.0 Å². The van der Waals surface area contributed by atoms with Crippen LogP contribution in [0.25, 0.3) is 0 Å². The van der Waals surface area contributed by atoms with E-state index >= 15 is 0 Å². The highest BCUT2D eigenvalue weighted by Crippen LogP contribution is 2.38. The topological polar surface area (TPSA) is 49.8 Å². The first kappa shape index (κ1) is 17.3. The van der Waals surface area contributed by atoms with Gasteiger partial charge < -0.3 is 9.84 Å². The molecule has 1 aliphatic heterocycles. The lowest BCUT2D eigenvalue weighted by Gasteiger charge is -2.36. The number of carboxylic acids is 1. The predicted molar refractivity (Wildman–Crippen MR) is 96.1 cm³/mol. The van der Waals surface area contributed by atoms with Gasteiger partial charge in [-0.1, -0.05) is 23.7 Å². The number of nitrogens with zero attached hydrogens (tertiary/aromatic N) is 1. The molecule has 1 aromatic carbocycles. The first-order valence-corrected chi connectivity index (χ1v) is 9.14. The smallest absolute Gasteiger partial charge is 0.306 e. The van der Waals surface area contributed by atoms with E-state index in [0.717, 1.165) is 28.7 Å². The number of halogens is 1. The van der Waals surface area contributed by atoms with Gasteiger partial charge in [-0.25, -0.2) is 0 Å². The van der Waals surface area contributed by atoms with Crippen LogP contribution < -0.4 is 4.74 Å². The molecule has 3 rings (SSSR count). The summed E-state index contributed by atoms with van der Waals surface area (Å²) in [7, 11) is 1.66. The summed E-state index contributed by atoms with van der Waals surface area (Å²) < 4.78 is 6.13. The van der Waals surface area contributed by atoms with Gasteiger partial charge in [0.15, 0.2) is 0 Å². The zero-order chi connectivity index (χ0) is 17.1. The summed E-state index contributed by atoms with van der Waals surface area (Å²) in [5.41, 5.74) is 1.14. The second-order valence-electron chi connectivity index (χ2n) is 5.97. The number of rotatable bonds is 5. The molecule has 1 aromatic heterocycles. The number of methoxy groups -OCH3 is 1. The minimum atomic E-state index is -0.688. The highest BCUT2D eigenvalue weighted by molar-refractivity contribution is 7.16. The molecule has 1 saturated heterocycles. The Labute approximate surface area is 150 Å². The third kappa shape index (κ3) is 3.74. The molecular formula is C18H20ClNO3S. The standard InChI is InChI=1S/C18H20ClNO3S/c1-23-14-4-2-3-13(11-14)17(15-5-6-16(19)24-15)20-9-7-12(8-10-20)18(21)22/h2-6,11-12,17H,7-10H2,1H3,(H,21,22). The molecular weight excluding hydrogens is 346 g/mol. The number of piperidine rings is 1. The molecule has 0 amide bonds. The summed E-state index contributed by atoms with van der Waals surface area (Å²) in [6, 6.07) is 12.1. The van der Waals surface area contributed by atoms with Crippen molar-refractivity contribution in [1.29, 1.82) is 0 Å². The second-order valence-corrected chi connectivity index (χ2v) is 7.72. The maximum Gasteiger partial charge on any atom is 0.306 e. The van der Waals surface area contributed by atoms with Gasteiger partial charge in [0.25, 0.3) is 0 Å². The summed E-state index contributed by atoms with van der Waals surface area (Å²) >= 11 is 7.72. The SMILES string of the molecule is COc1cccc(C(c2ccc(Cl)s2)N2CCC(C(=O)O)CC2)c1. The third-order valence-electron chi connectivity index (χ3n) is 4.52. The number of aliphatic carboxylic acids is 1. The van der Waals surface area contributed by atoms with Gasteiger partial charge in [-0.2, -0.15) is 0 Å². The fraction of sp³-hybridized carbons (Fsp3) is 0.389. The van der Waals surface area contributed by atoms with Crippen LogP contribution in [0.2, 0.25) is 4.34 Å². The van der Waals surface area contributed by atoms with Crippen LogP contribution in [0, 0.1) is 5.92 Å². The number of hydrogen-bond donors (Lipinski definition) is 1. The van der Waals surface area contributed by atoms with Gasteiger partial charge >= 0.3 is 5.97 Å². The van der Waals surface area contributed by atoms with E-state index in [0.29, 0.717) is 12.8 Å². The Morgan fingerprint density at radius 3 is 2.67 bits per heavy atom. The highest BCUT2D eigenvalue weighted by atomic mass is 35.5. The lowest BCUT2D eigenvalue weighted by Crippen LogP contribution is -2.39. The number of hydrogen-bond acceptors (Lipinski definition) is 4. The maximum atomic E-state index is 11.2. The largest absolute Gasteiger partial charge is 0.497 e. The van der Waals surface area contributed by atoms with E-state index in [1.165, 1.54) is 4.88 Å². The minimum Gasteiger partial charge on any atom is -0.497 e. The summed E-state index contributed by atoms with van der Waals surface area (Å²) in [6.45, 7) is 1.52. The normalized spacial score (nSPS) is 17.6. The third-order valence-corrected chi connectivity index (χ3v) is 5.80. The molecule has 1 atom stereocenters. The molecule has 24 heavy (non-hydrogen) atoms. The summed E-state index contributed by atoms with van der Waals surface area (Å²) in [6.07, 6.45) is 1.35. The van der Waals surface area contributed by atoms with Crippen LogP contribution in [0.1, 0.15) is 29.3 Å². The molecule has 0 aliphatic carbocycles. The molecule has 1 unspecified atom stereocenters. The van der Waals surface area contributed by atoms with Crippen molar-refractivity contribution >= 4 is 28.9 Å². The lowest BCUT2D eigenvalue weighted by atomic mass is 9.94. The Morgan fingerprint density at radius 2 is 2.08 bits per heavy atom. The Morgan fingerprint density at radius 1 is 1.33 bits per heavy atom. The minimum absolute atomic E-state index is 0.0762. The number of thiophene rings is 1. The number of carbonyl (C=O) groups is 1. The van der Waals surface area contributed by atoms with Crippen molar-refractivity contribution in [2.45, 2.75) is 18.9 Å². The zero-order valence-electron chi connectivity index (χ0n) is 13.4. The Bertz CT molecular complexity index is 710. The summed E-state index contributed by atoms with van der Waals surface area (Å²) in [5.74, 6) is -0.105. The maximum absolute atomic E-state index is 11.2. The van der Waals surface area contributed by atoms with Crippen molar-refractivity contribution in [2.75, 3.05) is 20.2 Å². The summed E-state index contributed by atoms with van der Waals surface area (Å²) in [4.78, 5) is 14.7. The van der Waals surface area contributed by atoms with E-state index in [4.69, 9.17) is 16.3 Å². The number of carboxylic acid groups (broad SMARTS) is 1. The average Bonchev–Trinajstić information content (AvgIpc) is 3.02. The molecule has 0 saturated carbocycles. The molecule has 1 fully saturated rings. The van der Waals surface area contributed by atoms with Crippen LogP contribution in [-0.4, -0.2) is 36.2 Å². The van der Waals surface area contributed by atoms with Crippen LogP contribution in [0.4, 0.5) is 0 Å². The highest BCUT2D eigenvalue weighted by Gasteiger charge is 2.31. The van der Waals surface area contributed by atoms with Crippen LogP contribution in [0.15, 0.2) is 36.4 Å². The van der Waals surface area contributed by atoms with Crippen molar-refractivity contribution < 1.29 is 14.6 Å². The molecule has 2 heterocycles. The van der Waals surface area contributed by atoms with E-state index in [2.05, 4.69) is 17.0 Å². The molecule has 2 aromatic rings. The Kier molecular flexibility index (Phi) is 5.43. The van der Waals surface area contributed by atoms with E-state index in [9.17, 15) is 9.90 Å². The molecule has 1 aliphatic rings. The number of benzene rings is 1. The second kappa shape index (κ2) is 7.55. The van der Waals surface area contributed by atoms with Crippen LogP contribution in [0.5, 0.6) is 5.75 Å². The van der Waals surface area contributed by atoms with Crippen LogP contribution in [0.3, 0.4) is 0 Å². The first-order valence-electron chi connectivity index (χ1n) is 7.94. The van der Waals surface area contributed by atoms with Gasteiger partial charge in [0, 0.05) is 4.88 Å². The van der Waals surface area contributed by atoms with Crippen molar-refractivity contribution in [1.82, 2.24) is 4.90 Å².